The van der Waals surface area contributed by atoms with Gasteiger partial charge in [0.2, 0.25) is 0 Å². The molecule has 2 unspecified atom stereocenters. The van der Waals surface area contributed by atoms with E-state index < -0.39 is 18.2 Å². The first-order valence-corrected chi connectivity index (χ1v) is 10.5. The Morgan fingerprint density at radius 1 is 1.03 bits per heavy atom. The number of carbonyl (C=O) groups excluding carboxylic acids is 2. The summed E-state index contributed by atoms with van der Waals surface area (Å²) < 4.78 is 5.87. The number of hydrogen-bond donors (Lipinski definition) is 0. The first-order valence-electron chi connectivity index (χ1n) is 9.37. The minimum Gasteiger partial charge on any atom is -0.423 e. The van der Waals surface area contributed by atoms with E-state index in [1.54, 1.807) is 48.5 Å². The molecule has 7 nitrogen and oxygen atoms in total. The maximum atomic E-state index is 13.4. The number of rotatable bonds is 3. The molecule has 2 aromatic rings. The number of benzene rings is 2. The third-order valence-corrected chi connectivity index (χ3v) is 6.26. The summed E-state index contributed by atoms with van der Waals surface area (Å²) in [6, 6.07) is 11.2. The van der Waals surface area contributed by atoms with E-state index in [1.807, 2.05) is 12.1 Å². The molecule has 3 heterocycles. The van der Waals surface area contributed by atoms with E-state index in [2.05, 4.69) is 4.99 Å². The Bertz CT molecular complexity index is 1160. The lowest BCUT2D eigenvalue weighted by molar-refractivity contribution is -0.137. The van der Waals surface area contributed by atoms with Crippen LogP contribution in [0.4, 0.5) is 4.79 Å². The number of likely N-dealkylation sites (N-methyl/N-ethyl adjacent to an activating group) is 1. The van der Waals surface area contributed by atoms with Gasteiger partial charge in [-0.2, -0.15) is 0 Å². The number of halogens is 3. The van der Waals surface area contributed by atoms with E-state index in [0.717, 1.165) is 5.56 Å². The molecule has 158 valence electrons. The van der Waals surface area contributed by atoms with Gasteiger partial charge in [-0.15, -0.1) is 0 Å². The second-order valence-corrected chi connectivity index (χ2v) is 8.61. The molecular formula is C21H15Cl3N4O3. The van der Waals surface area contributed by atoms with Crippen molar-refractivity contribution in [2.75, 3.05) is 7.05 Å². The number of aliphatic imine (C=N–C) groups is 1. The number of nitrogens with zero attached hydrogens (tertiary/aromatic N) is 4. The zero-order chi connectivity index (χ0) is 21.9. The number of amides is 3. The van der Waals surface area contributed by atoms with Crippen LogP contribution in [-0.2, 0) is 16.1 Å². The maximum absolute atomic E-state index is 13.4. The van der Waals surface area contributed by atoms with Gasteiger partial charge in [-0.05, 0) is 42.0 Å². The lowest BCUT2D eigenvalue weighted by Gasteiger charge is -2.39. The number of ether oxygens (including phenoxy) is 1. The van der Waals surface area contributed by atoms with E-state index in [9.17, 15) is 9.59 Å². The third-order valence-electron chi connectivity index (χ3n) is 5.42. The average Bonchev–Trinajstić information content (AvgIpc) is 3.30. The number of imide groups is 1. The zero-order valence-electron chi connectivity index (χ0n) is 16.1. The van der Waals surface area contributed by atoms with E-state index in [0.29, 0.717) is 26.4 Å². The Hall–Kier alpha value is -2.74. The Morgan fingerprint density at radius 2 is 1.74 bits per heavy atom. The Balaban J connectivity index is 1.44. The van der Waals surface area contributed by atoms with E-state index in [4.69, 9.17) is 39.5 Å². The number of urea groups is 1. The number of carbonyl (C=O) groups is 2. The van der Waals surface area contributed by atoms with Crippen molar-refractivity contribution in [1.29, 1.82) is 0 Å². The van der Waals surface area contributed by atoms with Gasteiger partial charge >= 0.3 is 6.03 Å². The SMILES string of the molecule is CN1C(=O)N(Cc2ccc(Cl)cc2Cl)C(=O)C2C1N=C1OC(c3ccc(Cl)cc3)=CN12. The molecule has 3 aliphatic heterocycles. The molecule has 1 saturated heterocycles. The predicted octanol–water partition coefficient (Wildman–Crippen LogP) is 4.44. The summed E-state index contributed by atoms with van der Waals surface area (Å²) in [5, 5.41) is 1.47. The van der Waals surface area contributed by atoms with Crippen LogP contribution in [0.25, 0.3) is 5.76 Å². The molecular weight excluding hydrogens is 463 g/mol. The quantitative estimate of drug-likeness (QED) is 0.656. The molecule has 0 spiro atoms. The summed E-state index contributed by atoms with van der Waals surface area (Å²) in [5.41, 5.74) is 1.42. The number of hydrogen-bond acceptors (Lipinski definition) is 5. The van der Waals surface area contributed by atoms with Crippen LogP contribution in [0.2, 0.25) is 15.1 Å². The Morgan fingerprint density at radius 3 is 2.45 bits per heavy atom. The van der Waals surface area contributed by atoms with E-state index in [1.165, 1.54) is 9.80 Å². The summed E-state index contributed by atoms with van der Waals surface area (Å²) >= 11 is 18.2. The third kappa shape index (κ3) is 3.33. The monoisotopic (exact) mass is 476 g/mol. The summed E-state index contributed by atoms with van der Waals surface area (Å²) in [4.78, 5) is 35.0. The molecule has 0 N–H and O–H groups in total. The first kappa shape index (κ1) is 20.2. The molecule has 0 aliphatic carbocycles. The van der Waals surface area contributed by atoms with Crippen molar-refractivity contribution in [3.63, 3.8) is 0 Å². The van der Waals surface area contributed by atoms with Gasteiger partial charge in [0.15, 0.2) is 18.0 Å². The molecule has 2 aromatic carbocycles. The summed E-state index contributed by atoms with van der Waals surface area (Å²) in [7, 11) is 1.61. The van der Waals surface area contributed by atoms with Crippen molar-refractivity contribution < 1.29 is 14.3 Å². The molecule has 1 fully saturated rings. The fourth-order valence-electron chi connectivity index (χ4n) is 3.79. The highest BCUT2D eigenvalue weighted by molar-refractivity contribution is 6.35. The van der Waals surface area contributed by atoms with Crippen LogP contribution in [0.15, 0.2) is 53.7 Å². The zero-order valence-corrected chi connectivity index (χ0v) is 18.4. The van der Waals surface area contributed by atoms with Gasteiger partial charge in [0.05, 0.1) is 12.7 Å². The van der Waals surface area contributed by atoms with Crippen molar-refractivity contribution in [3.8, 4) is 0 Å². The van der Waals surface area contributed by atoms with Crippen LogP contribution in [0.5, 0.6) is 0 Å². The molecule has 2 atom stereocenters. The normalized spacial score (nSPS) is 22.3. The fourth-order valence-corrected chi connectivity index (χ4v) is 4.39. The van der Waals surface area contributed by atoms with Crippen LogP contribution in [-0.4, -0.2) is 51.9 Å². The average molecular weight is 478 g/mol. The van der Waals surface area contributed by atoms with Gasteiger partial charge < -0.3 is 9.64 Å². The summed E-state index contributed by atoms with van der Waals surface area (Å²) in [5.74, 6) is 0.170. The van der Waals surface area contributed by atoms with Crippen molar-refractivity contribution in [1.82, 2.24) is 14.7 Å². The minimum atomic E-state index is -0.728. The molecule has 3 aliphatic rings. The standard InChI is InChI=1S/C21H15Cl3N4O3/c1-26-18-17(19(29)28(21(26)30)9-12-4-7-14(23)8-15(12)24)27-10-16(31-20(27)25-18)11-2-5-13(22)6-3-11/h2-8,10,17-18H,9H2,1H3. The molecule has 0 aromatic heterocycles. The van der Waals surface area contributed by atoms with Crippen molar-refractivity contribution in [2.24, 2.45) is 4.99 Å². The van der Waals surface area contributed by atoms with Gasteiger partial charge in [0.25, 0.3) is 11.9 Å². The van der Waals surface area contributed by atoms with E-state index >= 15 is 0 Å². The Kier molecular flexibility index (Phi) is 4.84. The van der Waals surface area contributed by atoms with Gasteiger partial charge in [-0.25, -0.2) is 9.79 Å². The molecule has 3 amide bonds. The summed E-state index contributed by atoms with van der Waals surface area (Å²) in [6.45, 7) is 0.0268. The maximum Gasteiger partial charge on any atom is 0.328 e. The predicted molar refractivity (Wildman–Crippen MR) is 118 cm³/mol. The van der Waals surface area contributed by atoms with Gasteiger partial charge in [-0.3, -0.25) is 14.6 Å². The number of amidine groups is 1. The second kappa shape index (κ2) is 7.44. The smallest absolute Gasteiger partial charge is 0.328 e. The van der Waals surface area contributed by atoms with Crippen molar-refractivity contribution >= 4 is 58.5 Å². The van der Waals surface area contributed by atoms with E-state index in [-0.39, 0.29) is 18.5 Å². The highest BCUT2D eigenvalue weighted by Crippen LogP contribution is 2.36. The molecule has 5 rings (SSSR count). The largest absolute Gasteiger partial charge is 0.423 e. The highest BCUT2D eigenvalue weighted by atomic mass is 35.5. The first-order chi connectivity index (χ1) is 14.8. The molecule has 10 heteroatoms. The lowest BCUT2D eigenvalue weighted by atomic mass is 10.1. The fraction of sp³-hybridized carbons (Fsp3) is 0.190. The second-order valence-electron chi connectivity index (χ2n) is 7.33. The lowest BCUT2D eigenvalue weighted by Crippen LogP contribution is -2.63. The van der Waals surface area contributed by atoms with Crippen molar-refractivity contribution in [3.05, 3.63) is 74.9 Å². The van der Waals surface area contributed by atoms with Crippen LogP contribution >= 0.6 is 34.8 Å². The topological polar surface area (TPSA) is 65.5 Å². The van der Waals surface area contributed by atoms with Crippen LogP contribution in [0, 0.1) is 0 Å². The molecule has 0 radical (unpaired) electrons. The summed E-state index contributed by atoms with van der Waals surface area (Å²) in [6.07, 6.45) is 1.05. The Labute approximate surface area is 193 Å². The van der Waals surface area contributed by atoms with Gasteiger partial charge in [0.1, 0.15) is 0 Å². The van der Waals surface area contributed by atoms with Crippen molar-refractivity contribution in [2.45, 2.75) is 18.8 Å². The number of fused-ring (bicyclic) bond motifs is 3. The molecule has 0 bridgehead atoms. The van der Waals surface area contributed by atoms with Crippen LogP contribution in [0.3, 0.4) is 0 Å². The highest BCUT2D eigenvalue weighted by Gasteiger charge is 2.54. The molecule has 0 saturated carbocycles. The van der Waals surface area contributed by atoms with Gasteiger partial charge in [-0.1, -0.05) is 40.9 Å². The van der Waals surface area contributed by atoms with Crippen LogP contribution < -0.4 is 0 Å². The van der Waals surface area contributed by atoms with Gasteiger partial charge in [0, 0.05) is 27.7 Å². The minimum absolute atomic E-state index is 0.0268. The molecule has 31 heavy (non-hydrogen) atoms. The van der Waals surface area contributed by atoms with Crippen LogP contribution in [0.1, 0.15) is 11.1 Å².